The number of carbonyl (C=O) groups is 1. The van der Waals surface area contributed by atoms with Gasteiger partial charge in [-0.15, -0.1) is 11.3 Å². The lowest BCUT2D eigenvalue weighted by molar-refractivity contribution is 0.102. The third-order valence-corrected chi connectivity index (χ3v) is 5.04. The van der Waals surface area contributed by atoms with Crippen molar-refractivity contribution in [1.29, 1.82) is 0 Å². The van der Waals surface area contributed by atoms with Crippen molar-refractivity contribution in [2.24, 2.45) is 0 Å². The smallest absolute Gasteiger partial charge is 0.262 e. The summed E-state index contributed by atoms with van der Waals surface area (Å²) in [5.74, 6) is 1.95. The van der Waals surface area contributed by atoms with Crippen LogP contribution >= 0.6 is 22.9 Å². The van der Waals surface area contributed by atoms with Gasteiger partial charge in [-0.25, -0.2) is 4.98 Å². The molecular formula is C18H17ClN2O4S. The van der Waals surface area contributed by atoms with E-state index in [1.807, 2.05) is 17.5 Å². The fraction of sp³-hybridized carbons (Fsp3) is 0.222. The van der Waals surface area contributed by atoms with Crippen molar-refractivity contribution in [3.8, 4) is 22.8 Å². The molecule has 3 aromatic rings. The van der Waals surface area contributed by atoms with E-state index in [0.29, 0.717) is 44.4 Å². The van der Waals surface area contributed by atoms with E-state index in [1.54, 1.807) is 34.1 Å². The third-order valence-electron chi connectivity index (χ3n) is 3.82. The Morgan fingerprint density at radius 2 is 2.00 bits per heavy atom. The van der Waals surface area contributed by atoms with E-state index >= 15 is 0 Å². The normalized spacial score (nSPS) is 10.7. The van der Waals surface area contributed by atoms with Gasteiger partial charge in [-0.05, 0) is 26.0 Å². The first kappa shape index (κ1) is 18.3. The number of halogens is 1. The van der Waals surface area contributed by atoms with E-state index in [0.717, 1.165) is 5.56 Å². The van der Waals surface area contributed by atoms with Crippen molar-refractivity contribution in [3.63, 3.8) is 0 Å². The molecule has 0 atom stereocenters. The van der Waals surface area contributed by atoms with Gasteiger partial charge in [-0.1, -0.05) is 11.6 Å². The molecule has 0 aliphatic heterocycles. The zero-order valence-electron chi connectivity index (χ0n) is 14.7. The lowest BCUT2D eigenvalue weighted by Crippen LogP contribution is -2.12. The highest BCUT2D eigenvalue weighted by Crippen LogP contribution is 2.35. The van der Waals surface area contributed by atoms with Crippen LogP contribution in [-0.2, 0) is 0 Å². The molecule has 2 heterocycles. The monoisotopic (exact) mass is 392 g/mol. The molecule has 136 valence electrons. The molecule has 2 aromatic heterocycles. The van der Waals surface area contributed by atoms with Gasteiger partial charge in [0.25, 0.3) is 5.91 Å². The lowest BCUT2D eigenvalue weighted by atomic mass is 10.1. The van der Waals surface area contributed by atoms with Crippen LogP contribution in [0.25, 0.3) is 11.3 Å². The minimum absolute atomic E-state index is 0.314. The van der Waals surface area contributed by atoms with Gasteiger partial charge in [0.1, 0.15) is 23.0 Å². The number of nitrogens with zero attached hydrogens (tertiary/aromatic N) is 1. The van der Waals surface area contributed by atoms with Crippen molar-refractivity contribution in [3.05, 3.63) is 45.7 Å². The van der Waals surface area contributed by atoms with Crippen LogP contribution < -0.4 is 14.8 Å². The molecule has 0 radical (unpaired) electrons. The van der Waals surface area contributed by atoms with Crippen LogP contribution in [0.2, 0.25) is 5.02 Å². The van der Waals surface area contributed by atoms with Crippen molar-refractivity contribution in [2.75, 3.05) is 19.5 Å². The summed E-state index contributed by atoms with van der Waals surface area (Å²) in [7, 11) is 3.18. The topological polar surface area (TPSA) is 73.6 Å². The summed E-state index contributed by atoms with van der Waals surface area (Å²) < 4.78 is 16.0. The maximum absolute atomic E-state index is 12.5. The van der Waals surface area contributed by atoms with E-state index in [1.165, 1.54) is 11.3 Å². The van der Waals surface area contributed by atoms with E-state index in [2.05, 4.69) is 10.3 Å². The number of benzene rings is 1. The largest absolute Gasteiger partial charge is 0.497 e. The maximum atomic E-state index is 12.5. The maximum Gasteiger partial charge on any atom is 0.262 e. The number of methoxy groups -OCH3 is 2. The predicted molar refractivity (Wildman–Crippen MR) is 102 cm³/mol. The molecule has 0 saturated heterocycles. The summed E-state index contributed by atoms with van der Waals surface area (Å²) in [6, 6.07) is 5.47. The summed E-state index contributed by atoms with van der Waals surface area (Å²) >= 11 is 7.46. The van der Waals surface area contributed by atoms with Crippen LogP contribution in [0.1, 0.15) is 21.9 Å². The highest BCUT2D eigenvalue weighted by Gasteiger charge is 2.21. The molecule has 1 aromatic carbocycles. The minimum Gasteiger partial charge on any atom is -0.497 e. The van der Waals surface area contributed by atoms with Gasteiger partial charge in [0.2, 0.25) is 0 Å². The lowest BCUT2D eigenvalue weighted by Gasteiger charge is -2.08. The molecule has 1 amide bonds. The molecule has 0 aliphatic rings. The summed E-state index contributed by atoms with van der Waals surface area (Å²) in [4.78, 5) is 17.0. The Bertz CT molecular complexity index is 964. The molecule has 0 spiro atoms. The van der Waals surface area contributed by atoms with Crippen molar-refractivity contribution in [2.45, 2.75) is 13.8 Å². The number of carbonyl (C=O) groups excluding carboxylic acids is 1. The molecule has 0 aliphatic carbocycles. The van der Waals surface area contributed by atoms with Crippen molar-refractivity contribution >= 4 is 34.0 Å². The number of ether oxygens (including phenoxy) is 2. The number of furan rings is 1. The van der Waals surface area contributed by atoms with Gasteiger partial charge in [-0.3, -0.25) is 10.1 Å². The Morgan fingerprint density at radius 1 is 1.23 bits per heavy atom. The van der Waals surface area contributed by atoms with Crippen LogP contribution in [0, 0.1) is 13.8 Å². The molecule has 0 unspecified atom stereocenters. The molecule has 0 bridgehead atoms. The van der Waals surface area contributed by atoms with Crippen LogP contribution in [-0.4, -0.2) is 25.1 Å². The first-order valence-electron chi connectivity index (χ1n) is 7.69. The second-order valence-corrected chi connectivity index (χ2v) is 6.70. The number of anilines is 1. The fourth-order valence-corrected chi connectivity index (χ4v) is 3.50. The third kappa shape index (κ3) is 3.40. The second-order valence-electron chi connectivity index (χ2n) is 5.46. The van der Waals surface area contributed by atoms with Gasteiger partial charge in [0.05, 0.1) is 30.5 Å². The van der Waals surface area contributed by atoms with Gasteiger partial charge in [-0.2, -0.15) is 0 Å². The number of amides is 1. The fourth-order valence-electron chi connectivity index (χ4n) is 2.54. The van der Waals surface area contributed by atoms with E-state index in [-0.39, 0.29) is 5.91 Å². The van der Waals surface area contributed by atoms with E-state index in [4.69, 9.17) is 25.5 Å². The quantitative estimate of drug-likeness (QED) is 0.665. The highest BCUT2D eigenvalue weighted by molar-refractivity contribution is 7.14. The van der Waals surface area contributed by atoms with Gasteiger partial charge in [0, 0.05) is 17.0 Å². The predicted octanol–water partition coefficient (Wildman–Crippen LogP) is 4.94. The Morgan fingerprint density at radius 3 is 2.62 bits per heavy atom. The number of thiazole rings is 1. The average molecular weight is 393 g/mol. The molecule has 26 heavy (non-hydrogen) atoms. The number of hydrogen-bond acceptors (Lipinski definition) is 6. The number of aryl methyl sites for hydroxylation is 2. The van der Waals surface area contributed by atoms with Crippen LogP contribution in [0.5, 0.6) is 11.5 Å². The number of hydrogen-bond donors (Lipinski definition) is 1. The van der Waals surface area contributed by atoms with Gasteiger partial charge in [0.15, 0.2) is 5.13 Å². The van der Waals surface area contributed by atoms with Gasteiger partial charge >= 0.3 is 0 Å². The number of aromatic nitrogens is 1. The molecule has 1 N–H and O–H groups in total. The zero-order chi connectivity index (χ0) is 18.8. The molecule has 6 nitrogen and oxygen atoms in total. The average Bonchev–Trinajstić information content (AvgIpc) is 3.18. The Balaban J connectivity index is 1.85. The van der Waals surface area contributed by atoms with E-state index < -0.39 is 0 Å². The first-order valence-corrected chi connectivity index (χ1v) is 8.95. The van der Waals surface area contributed by atoms with Crippen LogP contribution in [0.15, 0.2) is 28.0 Å². The summed E-state index contributed by atoms with van der Waals surface area (Å²) in [5.41, 5.74) is 1.82. The highest BCUT2D eigenvalue weighted by atomic mass is 35.5. The molecule has 0 fully saturated rings. The summed E-state index contributed by atoms with van der Waals surface area (Å²) in [5, 5.41) is 5.37. The SMILES string of the molecule is COc1ccc(-c2csc(NC(=O)c3c(C)oc(C)c3Cl)n2)c(OC)c1. The van der Waals surface area contributed by atoms with Gasteiger partial charge < -0.3 is 13.9 Å². The number of rotatable bonds is 5. The first-order chi connectivity index (χ1) is 12.4. The Labute approximate surface area is 159 Å². The molecule has 8 heteroatoms. The van der Waals surface area contributed by atoms with Crippen molar-refractivity contribution < 1.29 is 18.7 Å². The minimum atomic E-state index is -0.355. The van der Waals surface area contributed by atoms with Crippen molar-refractivity contribution in [1.82, 2.24) is 4.98 Å². The summed E-state index contributed by atoms with van der Waals surface area (Å²) in [6.07, 6.45) is 0. The zero-order valence-corrected chi connectivity index (χ0v) is 16.2. The molecule has 0 saturated carbocycles. The second kappa shape index (κ2) is 7.39. The number of nitrogens with one attached hydrogen (secondary N) is 1. The van der Waals surface area contributed by atoms with Crippen LogP contribution in [0.3, 0.4) is 0 Å². The Hall–Kier alpha value is -2.51. The van der Waals surface area contributed by atoms with E-state index in [9.17, 15) is 4.79 Å². The standard InChI is InChI=1S/C18H17ClN2O4S/c1-9-15(16(19)10(2)25-9)17(22)21-18-20-13(8-26-18)12-6-5-11(23-3)7-14(12)24-4/h5-8H,1-4H3,(H,20,21,22). The molecular weight excluding hydrogens is 376 g/mol. The summed E-state index contributed by atoms with van der Waals surface area (Å²) in [6.45, 7) is 3.41. The Kier molecular flexibility index (Phi) is 5.20. The van der Waals surface area contributed by atoms with Crippen LogP contribution in [0.4, 0.5) is 5.13 Å². The molecule has 3 rings (SSSR count).